The molecule has 0 amide bonds. The van der Waals surface area contributed by atoms with Gasteiger partial charge in [0.15, 0.2) is 5.13 Å². The van der Waals surface area contributed by atoms with Crippen LogP contribution in [0.15, 0.2) is 46.6 Å². The molecule has 3 rings (SSSR count). The Morgan fingerprint density at radius 2 is 1.92 bits per heavy atom. The van der Waals surface area contributed by atoms with Gasteiger partial charge in [-0.15, -0.1) is 24.9 Å². The minimum Gasteiger partial charge on any atom is -0.494 e. The van der Waals surface area contributed by atoms with Crippen molar-refractivity contribution < 1.29 is 32.5 Å². The highest BCUT2D eigenvalue weighted by Gasteiger charge is 2.31. The number of thioether (sulfide) groups is 1. The topological polar surface area (TPSA) is 83.9 Å². The van der Waals surface area contributed by atoms with Gasteiger partial charge in [0.2, 0.25) is 0 Å². The molecule has 204 valence electrons. The number of thiazole rings is 1. The molecule has 37 heavy (non-hydrogen) atoms. The SMILES string of the molecule is C/C=C(\Nc1ncc(SCC(=O)O)s1)N(CCCOc1ccc(OC(F)(F)F)cc1)C1CCC(C)CC1. The van der Waals surface area contributed by atoms with Gasteiger partial charge in [-0.2, -0.15) is 0 Å². The van der Waals surface area contributed by atoms with Crippen LogP contribution in [0, 0.1) is 5.92 Å². The number of hydrogen-bond acceptors (Lipinski definition) is 8. The average molecular weight is 560 g/mol. The quantitative estimate of drug-likeness (QED) is 0.204. The summed E-state index contributed by atoms with van der Waals surface area (Å²) in [5.74, 6) is 0.965. The first kappa shape index (κ1) is 29.0. The van der Waals surface area contributed by atoms with Crippen LogP contribution in [-0.4, -0.2) is 52.3 Å². The Bertz CT molecular complexity index is 1020. The first-order valence-corrected chi connectivity index (χ1v) is 13.9. The van der Waals surface area contributed by atoms with Crippen LogP contribution in [0.5, 0.6) is 11.5 Å². The lowest BCUT2D eigenvalue weighted by molar-refractivity contribution is -0.274. The third-order valence-electron chi connectivity index (χ3n) is 5.94. The highest BCUT2D eigenvalue weighted by molar-refractivity contribution is 8.01. The number of aromatic nitrogens is 1. The van der Waals surface area contributed by atoms with Crippen molar-refractivity contribution in [2.75, 3.05) is 24.2 Å². The second-order valence-electron chi connectivity index (χ2n) is 8.79. The Hall–Kier alpha value is -2.60. The summed E-state index contributed by atoms with van der Waals surface area (Å²) < 4.78 is 47.5. The zero-order valence-corrected chi connectivity index (χ0v) is 22.4. The lowest BCUT2D eigenvalue weighted by atomic mass is 9.86. The molecule has 0 atom stereocenters. The summed E-state index contributed by atoms with van der Waals surface area (Å²) in [6, 6.07) is 5.76. The van der Waals surface area contributed by atoms with Crippen LogP contribution < -0.4 is 14.8 Å². The first-order chi connectivity index (χ1) is 17.6. The number of hydrogen-bond donors (Lipinski definition) is 2. The number of carboxylic acids is 1. The third-order valence-corrected chi connectivity index (χ3v) is 8.03. The van der Waals surface area contributed by atoms with Crippen molar-refractivity contribution in [1.82, 2.24) is 9.88 Å². The lowest BCUT2D eigenvalue weighted by Crippen LogP contribution is -2.40. The fourth-order valence-electron chi connectivity index (χ4n) is 4.15. The van der Waals surface area contributed by atoms with Crippen molar-refractivity contribution in [3.05, 3.63) is 42.4 Å². The Kier molecular flexibility index (Phi) is 10.8. The maximum atomic E-state index is 12.3. The molecule has 1 saturated carbocycles. The molecule has 1 heterocycles. The van der Waals surface area contributed by atoms with Crippen LogP contribution in [-0.2, 0) is 4.79 Å². The smallest absolute Gasteiger partial charge is 0.494 e. The van der Waals surface area contributed by atoms with Crippen molar-refractivity contribution in [2.45, 2.75) is 62.6 Å². The van der Waals surface area contributed by atoms with E-state index in [0.717, 1.165) is 42.3 Å². The average Bonchev–Trinajstić information content (AvgIpc) is 3.30. The van der Waals surface area contributed by atoms with Crippen molar-refractivity contribution in [2.24, 2.45) is 5.92 Å². The van der Waals surface area contributed by atoms with E-state index in [1.807, 2.05) is 13.0 Å². The molecule has 0 unspecified atom stereocenters. The van der Waals surface area contributed by atoms with Gasteiger partial charge in [0.05, 0.1) is 22.8 Å². The lowest BCUT2D eigenvalue weighted by Gasteiger charge is -2.39. The molecule has 0 saturated heterocycles. The van der Waals surface area contributed by atoms with Crippen LogP contribution in [0.1, 0.15) is 46.0 Å². The number of anilines is 1. The fourth-order valence-corrected chi connectivity index (χ4v) is 5.75. The number of allylic oxidation sites excluding steroid dienone is 1. The van der Waals surface area contributed by atoms with E-state index in [1.165, 1.54) is 47.4 Å². The van der Waals surface area contributed by atoms with Crippen LogP contribution in [0.4, 0.5) is 18.3 Å². The number of rotatable bonds is 13. The first-order valence-electron chi connectivity index (χ1n) is 12.1. The van der Waals surface area contributed by atoms with E-state index >= 15 is 0 Å². The number of ether oxygens (including phenoxy) is 2. The van der Waals surface area contributed by atoms with Crippen LogP contribution in [0.25, 0.3) is 0 Å². The van der Waals surface area contributed by atoms with Gasteiger partial charge < -0.3 is 24.8 Å². The summed E-state index contributed by atoms with van der Waals surface area (Å²) in [5, 5.41) is 13.0. The molecule has 2 N–H and O–H groups in total. The highest BCUT2D eigenvalue weighted by Crippen LogP contribution is 2.32. The standard InChI is InChI=1S/C25H32F3N3O4S2/c1-3-21(30-24-29-15-23(37-24)36-16-22(32)33)31(18-7-5-17(2)6-8-18)13-4-14-34-19-9-11-20(12-10-19)35-25(26,27)28/h3,9-12,15,17-18H,4-8,13-14,16H2,1-2H3,(H,29,30)(H,32,33)/b21-3+. The van der Waals surface area contributed by atoms with Gasteiger partial charge in [-0.05, 0) is 75.3 Å². The predicted molar refractivity (Wildman–Crippen MR) is 139 cm³/mol. The van der Waals surface area contributed by atoms with Crippen molar-refractivity contribution in [3.63, 3.8) is 0 Å². The maximum absolute atomic E-state index is 12.3. The molecule has 0 aliphatic heterocycles. The van der Waals surface area contributed by atoms with Gasteiger partial charge in [-0.1, -0.05) is 18.3 Å². The van der Waals surface area contributed by atoms with Crippen LogP contribution >= 0.6 is 23.1 Å². The summed E-state index contributed by atoms with van der Waals surface area (Å²) in [5.41, 5.74) is 0. The van der Waals surface area contributed by atoms with Crippen LogP contribution in [0.2, 0.25) is 0 Å². The molecule has 1 aromatic heterocycles. The Balaban J connectivity index is 1.58. The summed E-state index contributed by atoms with van der Waals surface area (Å²) in [6.07, 6.45) is 4.17. The number of aliphatic carboxylic acids is 1. The Morgan fingerprint density at radius 1 is 1.24 bits per heavy atom. The normalized spacial score (nSPS) is 18.4. The van der Waals surface area contributed by atoms with E-state index in [1.54, 1.807) is 6.20 Å². The van der Waals surface area contributed by atoms with Gasteiger partial charge in [-0.25, -0.2) is 4.98 Å². The second-order valence-corrected chi connectivity index (χ2v) is 11.1. The summed E-state index contributed by atoms with van der Waals surface area (Å²) in [6.45, 7) is 5.38. The molecule has 0 bridgehead atoms. The van der Waals surface area contributed by atoms with Gasteiger partial charge in [0, 0.05) is 12.6 Å². The van der Waals surface area contributed by atoms with Gasteiger partial charge >= 0.3 is 12.3 Å². The minimum absolute atomic E-state index is 0.0113. The number of nitrogens with zero attached hydrogens (tertiary/aromatic N) is 2. The van der Waals surface area contributed by atoms with Crippen LogP contribution in [0.3, 0.4) is 0 Å². The molecule has 1 aromatic carbocycles. The minimum atomic E-state index is -4.72. The fraction of sp³-hybridized carbons (Fsp3) is 0.520. The Morgan fingerprint density at radius 3 is 2.54 bits per heavy atom. The zero-order chi connectivity index (χ0) is 26.8. The summed E-state index contributed by atoms with van der Waals surface area (Å²) in [4.78, 5) is 17.6. The third kappa shape index (κ3) is 9.99. The molecule has 1 aliphatic carbocycles. The number of benzene rings is 1. The molecule has 12 heteroatoms. The van der Waals surface area contributed by atoms with Crippen molar-refractivity contribution in [1.29, 1.82) is 0 Å². The van der Waals surface area contributed by atoms with Crippen molar-refractivity contribution in [3.8, 4) is 11.5 Å². The second kappa shape index (κ2) is 13.8. The van der Waals surface area contributed by atoms with E-state index in [9.17, 15) is 18.0 Å². The number of carboxylic acid groups (broad SMARTS) is 1. The summed E-state index contributed by atoms with van der Waals surface area (Å²) in [7, 11) is 0. The van der Waals surface area contributed by atoms with E-state index < -0.39 is 12.3 Å². The molecule has 2 aromatic rings. The van der Waals surface area contributed by atoms with Gasteiger partial charge in [0.1, 0.15) is 17.3 Å². The van der Waals surface area contributed by atoms with Gasteiger partial charge in [0.25, 0.3) is 0 Å². The molecule has 1 aliphatic rings. The summed E-state index contributed by atoms with van der Waals surface area (Å²) >= 11 is 2.66. The molecule has 0 radical (unpaired) electrons. The number of halogens is 3. The van der Waals surface area contributed by atoms with E-state index in [4.69, 9.17) is 9.84 Å². The molecule has 1 fully saturated rings. The monoisotopic (exact) mass is 559 g/mol. The molecular weight excluding hydrogens is 527 g/mol. The number of carbonyl (C=O) groups is 1. The Labute approximate surface area is 223 Å². The van der Waals surface area contributed by atoms with E-state index in [-0.39, 0.29) is 11.5 Å². The van der Waals surface area contributed by atoms with E-state index in [2.05, 4.69) is 26.9 Å². The molecule has 7 nitrogen and oxygen atoms in total. The number of nitrogens with one attached hydrogen (secondary N) is 1. The highest BCUT2D eigenvalue weighted by atomic mass is 32.2. The van der Waals surface area contributed by atoms with Crippen molar-refractivity contribution >= 4 is 34.2 Å². The molecular formula is C25H32F3N3O4S2. The van der Waals surface area contributed by atoms with E-state index in [0.29, 0.717) is 35.9 Å². The number of alkyl halides is 3. The zero-order valence-electron chi connectivity index (χ0n) is 20.8. The van der Waals surface area contributed by atoms with Gasteiger partial charge in [-0.3, -0.25) is 4.79 Å². The predicted octanol–water partition coefficient (Wildman–Crippen LogP) is 6.84. The largest absolute Gasteiger partial charge is 0.573 e. The molecule has 0 spiro atoms. The maximum Gasteiger partial charge on any atom is 0.573 e.